The summed E-state index contributed by atoms with van der Waals surface area (Å²) < 4.78 is 5.45. The van der Waals surface area contributed by atoms with Crippen molar-refractivity contribution in [2.24, 2.45) is 5.92 Å². The van der Waals surface area contributed by atoms with Crippen LogP contribution in [0.5, 0.6) is 5.75 Å². The Kier molecular flexibility index (Phi) is 5.69. The summed E-state index contributed by atoms with van der Waals surface area (Å²) in [5.41, 5.74) is 1.69. The van der Waals surface area contributed by atoms with Gasteiger partial charge in [0.2, 0.25) is 0 Å². The Balaban J connectivity index is 2.61. The lowest BCUT2D eigenvalue weighted by atomic mass is 10.1. The molecule has 0 unspecified atom stereocenters. The summed E-state index contributed by atoms with van der Waals surface area (Å²) >= 11 is 0. The highest BCUT2D eigenvalue weighted by molar-refractivity contribution is 5.94. The standard InChI is InChI=1S/C15H23NO2/c1-5-18-14-7-6-13(10-12(14)4)15(17)16-9-8-11(2)3/h6-7,10-11H,5,8-9H2,1-4H3,(H,16,17). The molecule has 18 heavy (non-hydrogen) atoms. The molecular formula is C15H23NO2. The Hall–Kier alpha value is -1.51. The van der Waals surface area contributed by atoms with E-state index in [1.165, 1.54) is 0 Å². The van der Waals surface area contributed by atoms with Crippen LogP contribution in [0.2, 0.25) is 0 Å². The normalized spacial score (nSPS) is 10.5. The van der Waals surface area contributed by atoms with Crippen LogP contribution in [0.1, 0.15) is 43.1 Å². The maximum atomic E-state index is 11.9. The van der Waals surface area contributed by atoms with Gasteiger partial charge in [-0.25, -0.2) is 0 Å². The van der Waals surface area contributed by atoms with Gasteiger partial charge < -0.3 is 10.1 Å². The predicted octanol–water partition coefficient (Wildman–Crippen LogP) is 3.17. The van der Waals surface area contributed by atoms with Gasteiger partial charge in [0.1, 0.15) is 5.75 Å². The minimum absolute atomic E-state index is 0.0122. The van der Waals surface area contributed by atoms with Crippen molar-refractivity contribution in [3.63, 3.8) is 0 Å². The lowest BCUT2D eigenvalue weighted by molar-refractivity contribution is 0.0952. The van der Waals surface area contributed by atoms with E-state index in [1.807, 2.05) is 32.0 Å². The van der Waals surface area contributed by atoms with Crippen LogP contribution < -0.4 is 10.1 Å². The summed E-state index contributed by atoms with van der Waals surface area (Å²) in [6.45, 7) is 9.56. The van der Waals surface area contributed by atoms with Crippen molar-refractivity contribution in [2.75, 3.05) is 13.2 Å². The molecule has 0 aliphatic rings. The molecule has 1 amide bonds. The molecule has 3 heteroatoms. The summed E-state index contributed by atoms with van der Waals surface area (Å²) in [6.07, 6.45) is 1.00. The average Bonchev–Trinajstić information content (AvgIpc) is 2.31. The second-order valence-electron chi connectivity index (χ2n) is 4.85. The van der Waals surface area contributed by atoms with Crippen molar-refractivity contribution in [3.8, 4) is 5.75 Å². The molecule has 0 spiro atoms. The first kappa shape index (κ1) is 14.6. The summed E-state index contributed by atoms with van der Waals surface area (Å²) in [5, 5.41) is 2.93. The van der Waals surface area contributed by atoms with Gasteiger partial charge in [-0.3, -0.25) is 4.79 Å². The van der Waals surface area contributed by atoms with Crippen molar-refractivity contribution >= 4 is 5.91 Å². The summed E-state index contributed by atoms with van der Waals surface area (Å²) in [5.74, 6) is 1.44. The molecule has 0 heterocycles. The summed E-state index contributed by atoms with van der Waals surface area (Å²) in [4.78, 5) is 11.9. The highest BCUT2D eigenvalue weighted by Crippen LogP contribution is 2.19. The van der Waals surface area contributed by atoms with E-state index < -0.39 is 0 Å². The molecule has 3 nitrogen and oxygen atoms in total. The van der Waals surface area contributed by atoms with E-state index in [2.05, 4.69) is 19.2 Å². The fraction of sp³-hybridized carbons (Fsp3) is 0.533. The van der Waals surface area contributed by atoms with E-state index in [0.29, 0.717) is 18.1 Å². The molecule has 0 bridgehead atoms. The SMILES string of the molecule is CCOc1ccc(C(=O)NCCC(C)C)cc1C. The maximum absolute atomic E-state index is 11.9. The van der Waals surface area contributed by atoms with Crippen LogP contribution in [0.15, 0.2) is 18.2 Å². The summed E-state index contributed by atoms with van der Waals surface area (Å²) in [6, 6.07) is 5.54. The number of hydrogen-bond acceptors (Lipinski definition) is 2. The molecule has 1 rings (SSSR count). The number of hydrogen-bond donors (Lipinski definition) is 1. The van der Waals surface area contributed by atoms with Gasteiger partial charge in [0, 0.05) is 12.1 Å². The second-order valence-corrected chi connectivity index (χ2v) is 4.85. The largest absolute Gasteiger partial charge is 0.494 e. The molecule has 0 atom stereocenters. The maximum Gasteiger partial charge on any atom is 0.251 e. The number of aryl methyl sites for hydroxylation is 1. The molecule has 1 aromatic rings. The van der Waals surface area contributed by atoms with Crippen LogP contribution in [0.25, 0.3) is 0 Å². The van der Waals surface area contributed by atoms with E-state index in [-0.39, 0.29) is 5.91 Å². The topological polar surface area (TPSA) is 38.3 Å². The Morgan fingerprint density at radius 1 is 1.39 bits per heavy atom. The third-order valence-corrected chi connectivity index (χ3v) is 2.74. The smallest absolute Gasteiger partial charge is 0.251 e. The van der Waals surface area contributed by atoms with Crippen LogP contribution >= 0.6 is 0 Å². The first-order valence-corrected chi connectivity index (χ1v) is 6.56. The van der Waals surface area contributed by atoms with Crippen molar-refractivity contribution in [2.45, 2.75) is 34.1 Å². The zero-order valence-corrected chi connectivity index (χ0v) is 11.7. The van der Waals surface area contributed by atoms with E-state index in [9.17, 15) is 4.79 Å². The average molecular weight is 249 g/mol. The van der Waals surface area contributed by atoms with Crippen LogP contribution in [-0.2, 0) is 0 Å². The van der Waals surface area contributed by atoms with Crippen molar-refractivity contribution in [1.29, 1.82) is 0 Å². The third kappa shape index (κ3) is 4.40. The molecule has 100 valence electrons. The Morgan fingerprint density at radius 3 is 2.67 bits per heavy atom. The van der Waals surface area contributed by atoms with Gasteiger partial charge in [0.25, 0.3) is 5.91 Å². The number of ether oxygens (including phenoxy) is 1. The quantitative estimate of drug-likeness (QED) is 0.841. The number of carbonyl (C=O) groups excluding carboxylic acids is 1. The lowest BCUT2D eigenvalue weighted by Crippen LogP contribution is -2.25. The second kappa shape index (κ2) is 7.04. The van der Waals surface area contributed by atoms with Crippen molar-refractivity contribution < 1.29 is 9.53 Å². The molecule has 0 aromatic heterocycles. The van der Waals surface area contributed by atoms with Crippen LogP contribution in [-0.4, -0.2) is 19.1 Å². The lowest BCUT2D eigenvalue weighted by Gasteiger charge is -2.10. The molecule has 0 fully saturated rings. The van der Waals surface area contributed by atoms with E-state index in [1.54, 1.807) is 0 Å². The van der Waals surface area contributed by atoms with E-state index in [4.69, 9.17) is 4.74 Å². The minimum Gasteiger partial charge on any atom is -0.494 e. The molecule has 1 N–H and O–H groups in total. The molecule has 0 aliphatic carbocycles. The Labute approximate surface area is 110 Å². The number of rotatable bonds is 6. The minimum atomic E-state index is -0.0122. The molecule has 0 saturated heterocycles. The monoisotopic (exact) mass is 249 g/mol. The first-order valence-electron chi connectivity index (χ1n) is 6.56. The van der Waals surface area contributed by atoms with Gasteiger partial charge in [0.05, 0.1) is 6.61 Å². The molecule has 0 radical (unpaired) electrons. The zero-order valence-electron chi connectivity index (χ0n) is 11.7. The number of amides is 1. The molecular weight excluding hydrogens is 226 g/mol. The third-order valence-electron chi connectivity index (χ3n) is 2.74. The fourth-order valence-electron chi connectivity index (χ4n) is 1.68. The van der Waals surface area contributed by atoms with E-state index >= 15 is 0 Å². The zero-order chi connectivity index (χ0) is 13.5. The van der Waals surface area contributed by atoms with Crippen LogP contribution in [0, 0.1) is 12.8 Å². The van der Waals surface area contributed by atoms with Gasteiger partial charge in [-0.15, -0.1) is 0 Å². The van der Waals surface area contributed by atoms with Crippen molar-refractivity contribution in [1.82, 2.24) is 5.32 Å². The van der Waals surface area contributed by atoms with Gasteiger partial charge in [0.15, 0.2) is 0 Å². The first-order chi connectivity index (χ1) is 8.54. The van der Waals surface area contributed by atoms with Gasteiger partial charge in [-0.2, -0.15) is 0 Å². The van der Waals surface area contributed by atoms with Gasteiger partial charge >= 0.3 is 0 Å². The summed E-state index contributed by atoms with van der Waals surface area (Å²) in [7, 11) is 0. The number of benzene rings is 1. The Morgan fingerprint density at radius 2 is 2.11 bits per heavy atom. The van der Waals surface area contributed by atoms with Gasteiger partial charge in [-0.1, -0.05) is 13.8 Å². The highest BCUT2D eigenvalue weighted by Gasteiger charge is 2.07. The number of carbonyl (C=O) groups is 1. The predicted molar refractivity (Wildman–Crippen MR) is 74.1 cm³/mol. The van der Waals surface area contributed by atoms with Crippen LogP contribution in [0.3, 0.4) is 0 Å². The molecule has 1 aromatic carbocycles. The van der Waals surface area contributed by atoms with Crippen LogP contribution in [0.4, 0.5) is 0 Å². The molecule has 0 saturated carbocycles. The molecule has 0 aliphatic heterocycles. The van der Waals surface area contributed by atoms with Crippen molar-refractivity contribution in [3.05, 3.63) is 29.3 Å². The van der Waals surface area contributed by atoms with E-state index in [0.717, 1.165) is 24.3 Å². The number of nitrogens with one attached hydrogen (secondary N) is 1. The highest BCUT2D eigenvalue weighted by atomic mass is 16.5. The van der Waals surface area contributed by atoms with Gasteiger partial charge in [-0.05, 0) is 49.9 Å². The fourth-order valence-corrected chi connectivity index (χ4v) is 1.68. The Bertz CT molecular complexity index is 399.